The Morgan fingerprint density at radius 2 is 1.97 bits per heavy atom. The summed E-state index contributed by atoms with van der Waals surface area (Å²) in [7, 11) is 0. The summed E-state index contributed by atoms with van der Waals surface area (Å²) >= 11 is 6.74. The van der Waals surface area contributed by atoms with E-state index in [-0.39, 0.29) is 10.6 Å². The van der Waals surface area contributed by atoms with E-state index in [0.717, 1.165) is 10.5 Å². The van der Waals surface area contributed by atoms with Crippen molar-refractivity contribution in [2.75, 3.05) is 43.1 Å². The molecule has 1 N–H and O–H groups in total. The third-order valence-electron chi connectivity index (χ3n) is 5.48. The summed E-state index contributed by atoms with van der Waals surface area (Å²) in [5.74, 6) is -1.20. The fourth-order valence-electron chi connectivity index (χ4n) is 3.65. The van der Waals surface area contributed by atoms with Gasteiger partial charge in [0.05, 0.1) is 23.0 Å². The number of hydrogen-bond acceptors (Lipinski definition) is 8. The molecule has 0 aliphatic carbocycles. The highest BCUT2D eigenvalue weighted by Crippen LogP contribution is 2.35. The number of rotatable bonds is 6. The number of carbonyl (C=O) groups excluding carboxylic acids is 3. The molecule has 2 heterocycles. The number of amides is 3. The van der Waals surface area contributed by atoms with Crippen molar-refractivity contribution in [3.8, 4) is 0 Å². The SMILES string of the molecule is Cc1ccc(NC(=O)CN2C(=O)S/C(=C\c3ccc(N4CCOCC4)c([N+](=O)[O-])c3)C2=O)cc1Cl. The van der Waals surface area contributed by atoms with Crippen molar-refractivity contribution in [1.29, 1.82) is 0 Å². The molecule has 0 bridgehead atoms. The zero-order valence-corrected chi connectivity index (χ0v) is 20.2. The number of halogens is 1. The lowest BCUT2D eigenvalue weighted by molar-refractivity contribution is -0.384. The maximum Gasteiger partial charge on any atom is 0.294 e. The van der Waals surface area contributed by atoms with Gasteiger partial charge in [-0.05, 0) is 54.1 Å². The number of hydrogen-bond donors (Lipinski definition) is 1. The van der Waals surface area contributed by atoms with E-state index in [0.29, 0.717) is 60.0 Å². The van der Waals surface area contributed by atoms with Gasteiger partial charge in [-0.3, -0.25) is 29.4 Å². The summed E-state index contributed by atoms with van der Waals surface area (Å²) in [6.07, 6.45) is 1.42. The Morgan fingerprint density at radius 1 is 1.23 bits per heavy atom. The molecule has 2 fully saturated rings. The molecule has 0 spiro atoms. The van der Waals surface area contributed by atoms with Gasteiger partial charge < -0.3 is 15.0 Å². The van der Waals surface area contributed by atoms with E-state index in [1.165, 1.54) is 12.1 Å². The summed E-state index contributed by atoms with van der Waals surface area (Å²) in [5, 5.41) is 14.2. The van der Waals surface area contributed by atoms with Crippen LogP contribution < -0.4 is 10.2 Å². The molecule has 0 saturated carbocycles. The molecule has 35 heavy (non-hydrogen) atoms. The average molecular weight is 517 g/mol. The molecular weight excluding hydrogens is 496 g/mol. The molecule has 2 aliphatic heterocycles. The van der Waals surface area contributed by atoms with Crippen molar-refractivity contribution in [2.24, 2.45) is 0 Å². The van der Waals surface area contributed by atoms with E-state index in [4.69, 9.17) is 16.3 Å². The maximum atomic E-state index is 12.8. The molecule has 182 valence electrons. The van der Waals surface area contributed by atoms with Crippen LogP contribution >= 0.6 is 23.4 Å². The van der Waals surface area contributed by atoms with Crippen molar-refractivity contribution in [2.45, 2.75) is 6.92 Å². The average Bonchev–Trinajstić information content (AvgIpc) is 3.09. The highest BCUT2D eigenvalue weighted by molar-refractivity contribution is 8.18. The fourth-order valence-corrected chi connectivity index (χ4v) is 4.67. The molecule has 0 radical (unpaired) electrons. The molecule has 2 aromatic rings. The van der Waals surface area contributed by atoms with Crippen molar-refractivity contribution >= 4 is 63.6 Å². The Hall–Kier alpha value is -3.41. The number of anilines is 2. The second-order valence-corrected chi connectivity index (χ2v) is 9.29. The first-order valence-corrected chi connectivity index (χ1v) is 11.8. The zero-order chi connectivity index (χ0) is 25.1. The normalized spacial score (nSPS) is 17.3. The van der Waals surface area contributed by atoms with Crippen LogP contribution in [0.1, 0.15) is 11.1 Å². The number of nitrogens with zero attached hydrogens (tertiary/aromatic N) is 3. The van der Waals surface area contributed by atoms with Crippen LogP contribution in [-0.4, -0.2) is 59.7 Å². The third-order valence-corrected chi connectivity index (χ3v) is 6.79. The second kappa shape index (κ2) is 10.5. The molecule has 2 aliphatic rings. The highest BCUT2D eigenvalue weighted by Gasteiger charge is 2.36. The van der Waals surface area contributed by atoms with Crippen LogP contribution in [0.15, 0.2) is 41.3 Å². The Kier molecular flexibility index (Phi) is 7.39. The highest BCUT2D eigenvalue weighted by atomic mass is 35.5. The quantitative estimate of drug-likeness (QED) is 0.346. The lowest BCUT2D eigenvalue weighted by Gasteiger charge is -2.28. The van der Waals surface area contributed by atoms with Gasteiger partial charge in [-0.15, -0.1) is 0 Å². The lowest BCUT2D eigenvalue weighted by Crippen LogP contribution is -2.36. The number of nitro benzene ring substituents is 1. The van der Waals surface area contributed by atoms with Gasteiger partial charge in [0.2, 0.25) is 5.91 Å². The standard InChI is InChI=1S/C23H21ClN4O6S/c1-14-2-4-16(12-17(14)24)25-21(29)13-27-22(30)20(35-23(27)31)11-15-3-5-18(19(10-15)28(32)33)26-6-8-34-9-7-26/h2-5,10-12H,6-9,13H2,1H3,(H,25,29)/b20-11-. The number of imide groups is 1. The smallest absolute Gasteiger partial charge is 0.294 e. The molecule has 2 saturated heterocycles. The number of aryl methyl sites for hydroxylation is 1. The summed E-state index contributed by atoms with van der Waals surface area (Å²) in [4.78, 5) is 51.6. The van der Waals surface area contributed by atoms with Gasteiger partial charge in [0.25, 0.3) is 16.8 Å². The molecule has 2 aromatic carbocycles. The van der Waals surface area contributed by atoms with Crippen LogP contribution in [0.25, 0.3) is 6.08 Å². The number of benzene rings is 2. The third kappa shape index (κ3) is 5.64. The van der Waals surface area contributed by atoms with Crippen LogP contribution in [0.3, 0.4) is 0 Å². The van der Waals surface area contributed by atoms with Gasteiger partial charge in [-0.2, -0.15) is 0 Å². The van der Waals surface area contributed by atoms with Gasteiger partial charge in [-0.1, -0.05) is 23.7 Å². The van der Waals surface area contributed by atoms with Crippen molar-refractivity contribution in [3.63, 3.8) is 0 Å². The van der Waals surface area contributed by atoms with Crippen LogP contribution in [0, 0.1) is 17.0 Å². The topological polar surface area (TPSA) is 122 Å². The predicted molar refractivity (Wildman–Crippen MR) is 134 cm³/mol. The minimum Gasteiger partial charge on any atom is -0.378 e. The molecule has 4 rings (SSSR count). The minimum atomic E-state index is -0.642. The molecule has 12 heteroatoms. The van der Waals surface area contributed by atoms with Crippen molar-refractivity contribution in [3.05, 3.63) is 67.6 Å². The van der Waals surface area contributed by atoms with Gasteiger partial charge in [0.1, 0.15) is 12.2 Å². The molecule has 0 unspecified atom stereocenters. The van der Waals surface area contributed by atoms with Crippen molar-refractivity contribution < 1.29 is 24.0 Å². The lowest BCUT2D eigenvalue weighted by atomic mass is 10.1. The Labute approximate surface area is 210 Å². The summed E-state index contributed by atoms with van der Waals surface area (Å²) < 4.78 is 5.30. The Bertz CT molecular complexity index is 1240. The number of morpholine rings is 1. The van der Waals surface area contributed by atoms with E-state index in [1.807, 2.05) is 11.8 Å². The van der Waals surface area contributed by atoms with E-state index in [9.17, 15) is 24.5 Å². The first-order chi connectivity index (χ1) is 16.7. The van der Waals surface area contributed by atoms with Crippen LogP contribution in [-0.2, 0) is 14.3 Å². The predicted octanol–water partition coefficient (Wildman–Crippen LogP) is 4.07. The zero-order valence-electron chi connectivity index (χ0n) is 18.7. The van der Waals surface area contributed by atoms with Crippen LogP contribution in [0.5, 0.6) is 0 Å². The van der Waals surface area contributed by atoms with Gasteiger partial charge in [0, 0.05) is 29.9 Å². The van der Waals surface area contributed by atoms with Gasteiger partial charge >= 0.3 is 0 Å². The Morgan fingerprint density at radius 3 is 2.66 bits per heavy atom. The minimum absolute atomic E-state index is 0.0783. The largest absolute Gasteiger partial charge is 0.378 e. The van der Waals surface area contributed by atoms with Crippen molar-refractivity contribution in [1.82, 2.24) is 4.90 Å². The fraction of sp³-hybridized carbons (Fsp3) is 0.261. The number of nitro groups is 1. The second-order valence-electron chi connectivity index (χ2n) is 7.88. The first kappa shape index (κ1) is 24.7. The van der Waals surface area contributed by atoms with E-state index in [2.05, 4.69) is 5.32 Å². The summed E-state index contributed by atoms with van der Waals surface area (Å²) in [6, 6.07) is 9.63. The maximum absolute atomic E-state index is 12.8. The van der Waals surface area contributed by atoms with Crippen LogP contribution in [0.2, 0.25) is 5.02 Å². The number of thioether (sulfide) groups is 1. The van der Waals surface area contributed by atoms with E-state index < -0.39 is 28.5 Å². The number of ether oxygens (including phenoxy) is 1. The molecule has 0 atom stereocenters. The first-order valence-electron chi connectivity index (χ1n) is 10.7. The van der Waals surface area contributed by atoms with E-state index >= 15 is 0 Å². The molecule has 3 amide bonds. The van der Waals surface area contributed by atoms with Crippen LogP contribution in [0.4, 0.5) is 21.9 Å². The molecule has 10 nitrogen and oxygen atoms in total. The van der Waals surface area contributed by atoms with Gasteiger partial charge in [0.15, 0.2) is 0 Å². The molecular formula is C23H21ClN4O6S. The monoisotopic (exact) mass is 516 g/mol. The van der Waals surface area contributed by atoms with Gasteiger partial charge in [-0.25, -0.2) is 0 Å². The summed E-state index contributed by atoms with van der Waals surface area (Å²) in [5.41, 5.74) is 2.06. The molecule has 0 aromatic heterocycles. The number of nitrogens with one attached hydrogen (secondary N) is 1. The Balaban J connectivity index is 1.48. The van der Waals surface area contributed by atoms with E-state index in [1.54, 1.807) is 30.3 Å². The summed E-state index contributed by atoms with van der Waals surface area (Å²) in [6.45, 7) is 3.40. The number of carbonyl (C=O) groups is 3.